The Labute approximate surface area is 158 Å². The highest BCUT2D eigenvalue weighted by atomic mass is 35.5. The van der Waals surface area contributed by atoms with E-state index in [1.807, 2.05) is 24.4 Å². The van der Waals surface area contributed by atoms with E-state index in [1.54, 1.807) is 11.3 Å². The first-order valence-electron chi connectivity index (χ1n) is 7.69. The van der Waals surface area contributed by atoms with Gasteiger partial charge >= 0.3 is 0 Å². The normalized spacial score (nSPS) is 16.3. The van der Waals surface area contributed by atoms with Gasteiger partial charge < -0.3 is 15.1 Å². The molecule has 0 radical (unpaired) electrons. The second kappa shape index (κ2) is 10.0. The molecule has 1 unspecified atom stereocenters. The Hall–Kier alpha value is -1.08. The number of hydrogen-bond acceptors (Lipinski definition) is 5. The first-order chi connectivity index (χ1) is 10.7. The van der Waals surface area contributed by atoms with Crippen LogP contribution in [-0.4, -0.2) is 24.0 Å². The van der Waals surface area contributed by atoms with Crippen LogP contribution in [0, 0.1) is 12.8 Å². The Kier molecular flexibility index (Phi) is 8.76. The third kappa shape index (κ3) is 5.77. The Morgan fingerprint density at radius 2 is 2.29 bits per heavy atom. The molecule has 1 aliphatic rings. The molecule has 3 heterocycles. The first-order valence-corrected chi connectivity index (χ1v) is 8.57. The van der Waals surface area contributed by atoms with Gasteiger partial charge in [-0.2, -0.15) is 0 Å². The van der Waals surface area contributed by atoms with Crippen molar-refractivity contribution in [2.24, 2.45) is 5.92 Å². The van der Waals surface area contributed by atoms with E-state index < -0.39 is 0 Å². The fourth-order valence-electron chi connectivity index (χ4n) is 2.66. The van der Waals surface area contributed by atoms with Crippen molar-refractivity contribution in [1.29, 1.82) is 0 Å². The van der Waals surface area contributed by atoms with Gasteiger partial charge in [-0.15, -0.1) is 36.2 Å². The van der Waals surface area contributed by atoms with Crippen molar-refractivity contribution < 1.29 is 9.21 Å². The smallest absolute Gasteiger partial charge is 0.220 e. The number of aromatic nitrogens is 1. The monoisotopic (exact) mass is 391 g/mol. The molecule has 1 atom stereocenters. The molecule has 1 amide bonds. The van der Waals surface area contributed by atoms with Gasteiger partial charge in [-0.25, -0.2) is 4.98 Å². The molecule has 24 heavy (non-hydrogen) atoms. The number of aryl methyl sites for hydroxylation is 1. The molecule has 1 aliphatic heterocycles. The molecule has 2 aromatic heterocycles. The molecule has 1 fully saturated rings. The number of nitrogens with zero attached hydrogens (tertiary/aromatic N) is 1. The van der Waals surface area contributed by atoms with Gasteiger partial charge in [-0.3, -0.25) is 4.79 Å². The number of nitrogens with one attached hydrogen (secondary N) is 2. The van der Waals surface area contributed by atoms with Gasteiger partial charge in [0.2, 0.25) is 5.91 Å². The number of furan rings is 1. The molecule has 0 aliphatic carbocycles. The van der Waals surface area contributed by atoms with Crippen LogP contribution < -0.4 is 10.6 Å². The third-order valence-electron chi connectivity index (χ3n) is 3.93. The van der Waals surface area contributed by atoms with Crippen molar-refractivity contribution in [3.05, 3.63) is 28.3 Å². The summed E-state index contributed by atoms with van der Waals surface area (Å²) in [4.78, 5) is 16.3. The largest absolute Gasteiger partial charge is 0.458 e. The summed E-state index contributed by atoms with van der Waals surface area (Å²) in [6.07, 6.45) is 2.73. The molecular weight excluding hydrogens is 369 g/mol. The predicted molar refractivity (Wildman–Crippen MR) is 101 cm³/mol. The van der Waals surface area contributed by atoms with E-state index in [1.165, 1.54) is 6.42 Å². The number of halogens is 2. The SMILES string of the molecule is Cc1nc(-c2ccc(CNC(=O)CCC3CCNC3)o2)cs1.Cl.Cl. The Morgan fingerprint density at radius 1 is 1.46 bits per heavy atom. The van der Waals surface area contributed by atoms with E-state index in [4.69, 9.17) is 4.42 Å². The zero-order chi connectivity index (χ0) is 15.4. The number of thiazole rings is 1. The van der Waals surface area contributed by atoms with Crippen molar-refractivity contribution in [3.8, 4) is 11.5 Å². The molecule has 2 N–H and O–H groups in total. The standard InChI is InChI=1S/C16H21N3O2S.2ClH/c1-11-19-14(10-22-11)15-4-3-13(21-15)9-18-16(20)5-2-12-6-7-17-8-12;;/h3-4,10,12,17H,2,5-9H2,1H3,(H,18,20);2*1H. The molecule has 0 aromatic carbocycles. The lowest BCUT2D eigenvalue weighted by Crippen LogP contribution is -2.23. The lowest BCUT2D eigenvalue weighted by atomic mass is 10.0. The van der Waals surface area contributed by atoms with Gasteiger partial charge in [0.1, 0.15) is 11.5 Å². The lowest BCUT2D eigenvalue weighted by molar-refractivity contribution is -0.121. The van der Waals surface area contributed by atoms with E-state index >= 15 is 0 Å². The maximum Gasteiger partial charge on any atom is 0.220 e. The maximum atomic E-state index is 11.9. The van der Waals surface area contributed by atoms with Gasteiger partial charge in [-0.1, -0.05) is 0 Å². The van der Waals surface area contributed by atoms with Crippen LogP contribution in [0.1, 0.15) is 30.0 Å². The minimum atomic E-state index is 0. The number of carbonyl (C=O) groups is 1. The Balaban J connectivity index is 0.00000144. The third-order valence-corrected chi connectivity index (χ3v) is 4.71. The Bertz CT molecular complexity index is 639. The number of hydrogen-bond donors (Lipinski definition) is 2. The van der Waals surface area contributed by atoms with E-state index in [0.717, 1.165) is 41.7 Å². The summed E-state index contributed by atoms with van der Waals surface area (Å²) in [7, 11) is 0. The average Bonchev–Trinajstić information content (AvgIpc) is 3.24. The molecule has 0 saturated carbocycles. The average molecular weight is 392 g/mol. The number of rotatable bonds is 6. The fourth-order valence-corrected chi connectivity index (χ4v) is 3.26. The summed E-state index contributed by atoms with van der Waals surface area (Å²) in [6.45, 7) is 4.53. The lowest BCUT2D eigenvalue weighted by Gasteiger charge is -2.07. The predicted octanol–water partition coefficient (Wildman–Crippen LogP) is 3.56. The van der Waals surface area contributed by atoms with Crippen LogP contribution >= 0.6 is 36.2 Å². The highest BCUT2D eigenvalue weighted by Gasteiger charge is 2.15. The van der Waals surface area contributed by atoms with Gasteiger partial charge in [-0.05, 0) is 50.9 Å². The van der Waals surface area contributed by atoms with Crippen molar-refractivity contribution in [2.45, 2.75) is 32.7 Å². The number of amides is 1. The van der Waals surface area contributed by atoms with Crippen LogP contribution in [0.5, 0.6) is 0 Å². The van der Waals surface area contributed by atoms with Crippen LogP contribution in [0.2, 0.25) is 0 Å². The minimum absolute atomic E-state index is 0. The van der Waals surface area contributed by atoms with Crippen LogP contribution in [0.3, 0.4) is 0 Å². The zero-order valence-electron chi connectivity index (χ0n) is 13.5. The molecule has 134 valence electrons. The molecule has 0 spiro atoms. The Morgan fingerprint density at radius 3 is 2.96 bits per heavy atom. The van der Waals surface area contributed by atoms with Gasteiger partial charge in [0.25, 0.3) is 0 Å². The molecular formula is C16H23Cl2N3O2S. The summed E-state index contributed by atoms with van der Waals surface area (Å²) >= 11 is 1.60. The van der Waals surface area contributed by atoms with E-state index in [9.17, 15) is 4.79 Å². The summed E-state index contributed by atoms with van der Waals surface area (Å²) in [5.41, 5.74) is 0.855. The minimum Gasteiger partial charge on any atom is -0.458 e. The van der Waals surface area contributed by atoms with Crippen molar-refractivity contribution in [3.63, 3.8) is 0 Å². The molecule has 1 saturated heterocycles. The van der Waals surface area contributed by atoms with E-state index in [-0.39, 0.29) is 30.7 Å². The zero-order valence-corrected chi connectivity index (χ0v) is 16.0. The fraction of sp³-hybridized carbons (Fsp3) is 0.500. The summed E-state index contributed by atoms with van der Waals surface area (Å²) in [5, 5.41) is 9.24. The molecule has 5 nitrogen and oxygen atoms in total. The number of carbonyl (C=O) groups excluding carboxylic acids is 1. The second-order valence-corrected chi connectivity index (χ2v) is 6.75. The molecule has 8 heteroatoms. The van der Waals surface area contributed by atoms with E-state index in [2.05, 4.69) is 15.6 Å². The van der Waals surface area contributed by atoms with Crippen LogP contribution in [0.4, 0.5) is 0 Å². The maximum absolute atomic E-state index is 11.9. The topological polar surface area (TPSA) is 67.2 Å². The van der Waals surface area contributed by atoms with Crippen LogP contribution in [0.25, 0.3) is 11.5 Å². The van der Waals surface area contributed by atoms with Crippen molar-refractivity contribution >= 4 is 42.1 Å². The highest BCUT2D eigenvalue weighted by molar-refractivity contribution is 7.09. The quantitative estimate of drug-likeness (QED) is 0.789. The molecule has 2 aromatic rings. The van der Waals surface area contributed by atoms with Gasteiger partial charge in [0.05, 0.1) is 11.6 Å². The molecule has 0 bridgehead atoms. The van der Waals surface area contributed by atoms with Gasteiger partial charge in [0.15, 0.2) is 5.76 Å². The second-order valence-electron chi connectivity index (χ2n) is 5.69. The summed E-state index contributed by atoms with van der Waals surface area (Å²) in [5.74, 6) is 2.25. The van der Waals surface area contributed by atoms with Crippen LogP contribution in [-0.2, 0) is 11.3 Å². The molecule has 3 rings (SSSR count). The van der Waals surface area contributed by atoms with Crippen LogP contribution in [0.15, 0.2) is 21.9 Å². The van der Waals surface area contributed by atoms with Gasteiger partial charge in [0, 0.05) is 11.8 Å². The van der Waals surface area contributed by atoms with E-state index in [0.29, 0.717) is 18.9 Å². The first kappa shape index (κ1) is 21.0. The summed E-state index contributed by atoms with van der Waals surface area (Å²) < 4.78 is 5.73. The highest BCUT2D eigenvalue weighted by Crippen LogP contribution is 2.23. The van der Waals surface area contributed by atoms with Crippen molar-refractivity contribution in [1.82, 2.24) is 15.6 Å². The summed E-state index contributed by atoms with van der Waals surface area (Å²) in [6, 6.07) is 3.80. The van der Waals surface area contributed by atoms with Crippen molar-refractivity contribution in [2.75, 3.05) is 13.1 Å².